The van der Waals surface area contributed by atoms with Gasteiger partial charge >= 0.3 is 5.91 Å². The molecule has 2 aromatic carbocycles. The summed E-state index contributed by atoms with van der Waals surface area (Å²) in [6.07, 6.45) is 4.90. The van der Waals surface area contributed by atoms with Crippen LogP contribution >= 0.6 is 11.3 Å². The number of aryl methyl sites for hydroxylation is 4. The molecule has 0 bridgehead atoms. The summed E-state index contributed by atoms with van der Waals surface area (Å²) in [5, 5.41) is 12.2. The Kier molecular flexibility index (Phi) is 8.09. The van der Waals surface area contributed by atoms with E-state index in [0.717, 1.165) is 46.2 Å². The summed E-state index contributed by atoms with van der Waals surface area (Å²) in [6, 6.07) is 12.2. The number of rotatable bonds is 9. The molecule has 1 atom stereocenters. The number of aliphatic hydroxyl groups excluding tert-OH is 1. The highest BCUT2D eigenvalue weighted by Crippen LogP contribution is 2.46. The number of Topliss-reactive ketones (excluding diaryl/α,β-unsaturated/α-hetero) is 1. The summed E-state index contributed by atoms with van der Waals surface area (Å²) < 4.78 is 14.5. The molecule has 0 radical (unpaired) electrons. The van der Waals surface area contributed by atoms with Gasteiger partial charge in [0.25, 0.3) is 5.78 Å². The molecule has 1 saturated heterocycles. The molecule has 1 aliphatic rings. The molecule has 0 aliphatic carbocycles. The smallest absolute Gasteiger partial charge is 0.301 e. The standard InChI is InChI=1S/C35H36N4O5S/c1-7-8-9-15-44-24-13-12-23(18-25(24)43-6)30-27(31(40)29-22(5)38-14-10-11-20(3)33(38)36-29)32(41)34(42)39(30)35-37-28-21(4)16-19(2)17-26(28)45-35/h10-14,16-18,30,40H,7-9,15H2,1-6H3. The number of carbonyl (C=O) groups is 2. The van der Waals surface area contributed by atoms with Gasteiger partial charge in [-0.1, -0.05) is 49.3 Å². The highest BCUT2D eigenvalue weighted by atomic mass is 32.1. The number of aliphatic hydroxyl groups is 1. The number of pyridine rings is 1. The number of ether oxygens (including phenoxy) is 2. The van der Waals surface area contributed by atoms with Crippen LogP contribution < -0.4 is 14.4 Å². The first-order chi connectivity index (χ1) is 21.6. The van der Waals surface area contributed by atoms with E-state index in [1.165, 1.54) is 16.2 Å². The SMILES string of the molecule is CCCCCOc1ccc(C2C(=C(O)c3nc4c(C)cccn4c3C)C(=O)C(=O)N2c2nc3c(C)cc(C)cc3s2)cc1OC. The Balaban J connectivity index is 1.55. The van der Waals surface area contributed by atoms with Crippen LogP contribution in [0.15, 0.2) is 54.2 Å². The number of ketones is 1. The van der Waals surface area contributed by atoms with E-state index < -0.39 is 17.7 Å². The van der Waals surface area contributed by atoms with E-state index in [1.54, 1.807) is 25.3 Å². The van der Waals surface area contributed by atoms with Gasteiger partial charge in [0.2, 0.25) is 0 Å². The van der Waals surface area contributed by atoms with Crippen LogP contribution in [0.4, 0.5) is 5.13 Å². The zero-order valence-electron chi connectivity index (χ0n) is 26.3. The minimum Gasteiger partial charge on any atom is -0.505 e. The van der Waals surface area contributed by atoms with Crippen molar-refractivity contribution in [2.24, 2.45) is 0 Å². The lowest BCUT2D eigenvalue weighted by Crippen LogP contribution is -2.29. The van der Waals surface area contributed by atoms with Crippen LogP contribution in [0, 0.1) is 27.7 Å². The normalized spacial score (nSPS) is 16.3. The van der Waals surface area contributed by atoms with Gasteiger partial charge in [-0.2, -0.15) is 0 Å². The second-order valence-electron chi connectivity index (χ2n) is 11.5. The number of hydrogen-bond acceptors (Lipinski definition) is 8. The lowest BCUT2D eigenvalue weighted by molar-refractivity contribution is -0.132. The van der Waals surface area contributed by atoms with Crippen LogP contribution in [0.3, 0.4) is 0 Å². The van der Waals surface area contributed by atoms with Gasteiger partial charge in [-0.05, 0) is 80.6 Å². The van der Waals surface area contributed by atoms with E-state index in [9.17, 15) is 14.7 Å². The van der Waals surface area contributed by atoms with Crippen molar-refractivity contribution >= 4 is 49.8 Å². The van der Waals surface area contributed by atoms with Crippen LogP contribution in [0.25, 0.3) is 21.6 Å². The van der Waals surface area contributed by atoms with E-state index in [4.69, 9.17) is 19.4 Å². The summed E-state index contributed by atoms with van der Waals surface area (Å²) in [5.41, 5.74) is 5.78. The van der Waals surface area contributed by atoms with Gasteiger partial charge in [-0.3, -0.25) is 14.5 Å². The highest BCUT2D eigenvalue weighted by Gasteiger charge is 2.49. The summed E-state index contributed by atoms with van der Waals surface area (Å²) in [4.78, 5) is 38.8. The van der Waals surface area contributed by atoms with E-state index in [1.807, 2.05) is 62.6 Å². The predicted molar refractivity (Wildman–Crippen MR) is 177 cm³/mol. The van der Waals surface area contributed by atoms with Crippen molar-refractivity contribution in [1.29, 1.82) is 0 Å². The molecule has 5 aromatic rings. The molecule has 3 aromatic heterocycles. The number of imidazole rings is 1. The van der Waals surface area contributed by atoms with E-state index in [-0.39, 0.29) is 17.0 Å². The molecule has 1 unspecified atom stereocenters. The van der Waals surface area contributed by atoms with Crippen molar-refractivity contribution in [3.05, 3.63) is 87.9 Å². The van der Waals surface area contributed by atoms with E-state index in [0.29, 0.717) is 40.1 Å². The number of thiazole rings is 1. The number of fused-ring (bicyclic) bond motifs is 2. The average Bonchev–Trinajstić information content (AvgIpc) is 3.67. The van der Waals surface area contributed by atoms with Crippen LogP contribution in [0.1, 0.15) is 65.9 Å². The zero-order chi connectivity index (χ0) is 32.0. The van der Waals surface area contributed by atoms with Crippen molar-refractivity contribution in [3.63, 3.8) is 0 Å². The molecule has 0 saturated carbocycles. The first-order valence-electron chi connectivity index (χ1n) is 15.1. The Bertz CT molecular complexity index is 2010. The van der Waals surface area contributed by atoms with Crippen molar-refractivity contribution < 1.29 is 24.2 Å². The number of anilines is 1. The molecule has 1 N–H and O–H groups in total. The lowest BCUT2D eigenvalue weighted by Gasteiger charge is -2.23. The maximum Gasteiger partial charge on any atom is 0.301 e. The summed E-state index contributed by atoms with van der Waals surface area (Å²) in [7, 11) is 1.55. The maximum atomic E-state index is 13.9. The fourth-order valence-electron chi connectivity index (χ4n) is 5.99. The molecule has 1 amide bonds. The predicted octanol–water partition coefficient (Wildman–Crippen LogP) is 7.38. The number of benzene rings is 2. The lowest BCUT2D eigenvalue weighted by atomic mass is 9.96. The first kappa shape index (κ1) is 30.3. The minimum absolute atomic E-state index is 0.0602. The van der Waals surface area contributed by atoms with E-state index >= 15 is 0 Å². The molecular weight excluding hydrogens is 588 g/mol. The molecule has 10 heteroatoms. The number of nitrogens with zero attached hydrogens (tertiary/aromatic N) is 4. The molecule has 6 rings (SSSR count). The number of methoxy groups -OCH3 is 1. The number of amides is 1. The fraction of sp³-hybridized carbons (Fsp3) is 0.314. The molecular formula is C35H36N4O5S. The van der Waals surface area contributed by atoms with Crippen molar-refractivity contribution in [2.75, 3.05) is 18.6 Å². The Morgan fingerprint density at radius 2 is 1.80 bits per heavy atom. The van der Waals surface area contributed by atoms with Crippen LogP contribution in [-0.2, 0) is 9.59 Å². The van der Waals surface area contributed by atoms with Gasteiger partial charge in [-0.15, -0.1) is 0 Å². The number of carbonyl (C=O) groups excluding carboxylic acids is 2. The molecule has 1 aliphatic heterocycles. The second kappa shape index (κ2) is 12.0. The topological polar surface area (TPSA) is 106 Å². The van der Waals surface area contributed by atoms with Gasteiger partial charge < -0.3 is 19.0 Å². The van der Waals surface area contributed by atoms with Gasteiger partial charge in [0.15, 0.2) is 22.4 Å². The quantitative estimate of drug-likeness (QED) is 0.0789. The Labute approximate surface area is 265 Å². The van der Waals surface area contributed by atoms with Gasteiger partial charge in [0, 0.05) is 6.20 Å². The maximum absolute atomic E-state index is 13.9. The third kappa shape index (κ3) is 5.22. The van der Waals surface area contributed by atoms with Crippen molar-refractivity contribution in [3.8, 4) is 11.5 Å². The third-order valence-electron chi connectivity index (χ3n) is 8.29. The number of aromatic nitrogens is 3. The zero-order valence-corrected chi connectivity index (χ0v) is 27.1. The van der Waals surface area contributed by atoms with Crippen LogP contribution in [-0.4, -0.2) is 44.9 Å². The van der Waals surface area contributed by atoms with Crippen molar-refractivity contribution in [2.45, 2.75) is 59.9 Å². The van der Waals surface area contributed by atoms with Crippen LogP contribution in [0.2, 0.25) is 0 Å². The van der Waals surface area contributed by atoms with Gasteiger partial charge in [-0.25, -0.2) is 9.97 Å². The second-order valence-corrected chi connectivity index (χ2v) is 12.5. The van der Waals surface area contributed by atoms with Gasteiger partial charge in [0.1, 0.15) is 11.3 Å². The average molecular weight is 625 g/mol. The van der Waals surface area contributed by atoms with Gasteiger partial charge in [0.05, 0.1) is 41.2 Å². The summed E-state index contributed by atoms with van der Waals surface area (Å²) >= 11 is 1.34. The summed E-state index contributed by atoms with van der Waals surface area (Å²) in [6.45, 7) is 10.4. The minimum atomic E-state index is -0.986. The van der Waals surface area contributed by atoms with Crippen LogP contribution in [0.5, 0.6) is 11.5 Å². The van der Waals surface area contributed by atoms with Crippen molar-refractivity contribution in [1.82, 2.24) is 14.4 Å². The van der Waals surface area contributed by atoms with E-state index in [2.05, 4.69) is 6.92 Å². The highest BCUT2D eigenvalue weighted by molar-refractivity contribution is 7.22. The third-order valence-corrected chi connectivity index (χ3v) is 9.29. The molecule has 1 fully saturated rings. The fourth-order valence-corrected chi connectivity index (χ4v) is 7.16. The Morgan fingerprint density at radius 3 is 2.53 bits per heavy atom. The Hall–Kier alpha value is -4.70. The monoisotopic (exact) mass is 624 g/mol. The molecule has 4 heterocycles. The number of unbranched alkanes of at least 4 members (excludes halogenated alkanes) is 2. The molecule has 0 spiro atoms. The first-order valence-corrected chi connectivity index (χ1v) is 15.9. The Morgan fingerprint density at radius 1 is 1.00 bits per heavy atom. The molecule has 9 nitrogen and oxygen atoms in total. The summed E-state index contributed by atoms with van der Waals surface area (Å²) in [5.74, 6) is -0.895. The number of hydrogen-bond donors (Lipinski definition) is 1. The largest absolute Gasteiger partial charge is 0.505 e. The molecule has 45 heavy (non-hydrogen) atoms. The molecule has 232 valence electrons.